The number of hydrogen-bond acceptors (Lipinski definition) is 6. The fourth-order valence-corrected chi connectivity index (χ4v) is 2.79. The predicted molar refractivity (Wildman–Crippen MR) is 66.2 cm³/mol. The van der Waals surface area contributed by atoms with Crippen LogP contribution in [0, 0.1) is 6.92 Å². The number of nitrogen functional groups attached to an aromatic ring is 1. The second-order valence-corrected chi connectivity index (χ2v) is 5.15. The zero-order valence-corrected chi connectivity index (χ0v) is 10.6. The number of anilines is 1. The number of benzene rings is 1. The van der Waals surface area contributed by atoms with Gasteiger partial charge in [-0.1, -0.05) is 11.8 Å². The summed E-state index contributed by atoms with van der Waals surface area (Å²) in [5.41, 5.74) is 6.60. The smallest absolute Gasteiger partial charge is 0.174 e. The van der Waals surface area contributed by atoms with Crippen LogP contribution in [0.2, 0.25) is 0 Å². The zero-order chi connectivity index (χ0) is 11.5. The molecule has 0 bridgehead atoms. The first kappa shape index (κ1) is 11.2. The Labute approximate surface area is 102 Å². The van der Waals surface area contributed by atoms with Crippen molar-refractivity contribution in [1.29, 1.82) is 0 Å². The van der Waals surface area contributed by atoms with Gasteiger partial charge in [-0.3, -0.25) is 0 Å². The SMILES string of the molecule is COc1ccc(Sc2nc(C)ns2)c(N)c1. The Morgan fingerprint density at radius 3 is 2.81 bits per heavy atom. The van der Waals surface area contributed by atoms with Crippen LogP contribution in [0.1, 0.15) is 5.82 Å². The fourth-order valence-electron chi connectivity index (χ4n) is 1.16. The van der Waals surface area contributed by atoms with Crippen LogP contribution in [0.15, 0.2) is 27.4 Å². The van der Waals surface area contributed by atoms with Crippen LogP contribution in [0.4, 0.5) is 5.69 Å². The second-order valence-electron chi connectivity index (χ2n) is 3.11. The van der Waals surface area contributed by atoms with Crippen molar-refractivity contribution >= 4 is 29.0 Å². The van der Waals surface area contributed by atoms with Gasteiger partial charge in [0.05, 0.1) is 7.11 Å². The number of aryl methyl sites for hydroxylation is 1. The van der Waals surface area contributed by atoms with Crippen LogP contribution in [-0.4, -0.2) is 16.5 Å². The molecule has 2 rings (SSSR count). The summed E-state index contributed by atoms with van der Waals surface area (Å²) in [5.74, 6) is 1.55. The lowest BCUT2D eigenvalue weighted by atomic mass is 10.3. The molecule has 16 heavy (non-hydrogen) atoms. The van der Waals surface area contributed by atoms with Gasteiger partial charge in [0.1, 0.15) is 11.6 Å². The maximum atomic E-state index is 5.91. The monoisotopic (exact) mass is 253 g/mol. The highest BCUT2D eigenvalue weighted by Crippen LogP contribution is 2.34. The van der Waals surface area contributed by atoms with Crippen molar-refractivity contribution < 1.29 is 4.74 Å². The molecule has 6 heteroatoms. The first-order valence-electron chi connectivity index (χ1n) is 4.60. The summed E-state index contributed by atoms with van der Waals surface area (Å²) in [5, 5.41) is 0. The van der Waals surface area contributed by atoms with E-state index in [4.69, 9.17) is 10.5 Å². The van der Waals surface area contributed by atoms with E-state index in [0.717, 1.165) is 20.8 Å². The van der Waals surface area contributed by atoms with E-state index in [9.17, 15) is 0 Å². The zero-order valence-electron chi connectivity index (χ0n) is 8.93. The number of hydrogen-bond donors (Lipinski definition) is 1. The molecular formula is C10H11N3OS2. The van der Waals surface area contributed by atoms with Crippen molar-refractivity contribution in [3.8, 4) is 5.75 Å². The third kappa shape index (κ3) is 2.45. The van der Waals surface area contributed by atoms with Crippen molar-refractivity contribution in [3.63, 3.8) is 0 Å². The molecule has 0 fully saturated rings. The van der Waals surface area contributed by atoms with Gasteiger partial charge in [0.25, 0.3) is 0 Å². The molecule has 0 saturated heterocycles. The third-order valence-corrected chi connectivity index (χ3v) is 3.86. The summed E-state index contributed by atoms with van der Waals surface area (Å²) in [6, 6.07) is 5.61. The van der Waals surface area contributed by atoms with Crippen LogP contribution in [0.5, 0.6) is 5.75 Å². The van der Waals surface area contributed by atoms with E-state index in [2.05, 4.69) is 9.36 Å². The first-order chi connectivity index (χ1) is 7.69. The van der Waals surface area contributed by atoms with Crippen molar-refractivity contribution in [2.45, 2.75) is 16.2 Å². The molecule has 2 aromatic rings. The van der Waals surface area contributed by atoms with Crippen molar-refractivity contribution in [2.75, 3.05) is 12.8 Å². The molecule has 0 aliphatic carbocycles. The van der Waals surface area contributed by atoms with Gasteiger partial charge in [0.15, 0.2) is 4.34 Å². The third-order valence-electron chi connectivity index (χ3n) is 1.92. The Morgan fingerprint density at radius 2 is 2.25 bits per heavy atom. The normalized spacial score (nSPS) is 10.4. The van der Waals surface area contributed by atoms with Crippen molar-refractivity contribution in [3.05, 3.63) is 24.0 Å². The van der Waals surface area contributed by atoms with E-state index in [1.54, 1.807) is 13.2 Å². The van der Waals surface area contributed by atoms with Gasteiger partial charge in [-0.15, -0.1) is 0 Å². The van der Waals surface area contributed by atoms with Gasteiger partial charge in [-0.05, 0) is 30.6 Å². The highest BCUT2D eigenvalue weighted by atomic mass is 32.2. The average Bonchev–Trinajstić information content (AvgIpc) is 2.67. The second kappa shape index (κ2) is 4.71. The van der Waals surface area contributed by atoms with Crippen LogP contribution in [-0.2, 0) is 0 Å². The Kier molecular flexibility index (Phi) is 3.31. The summed E-state index contributed by atoms with van der Waals surface area (Å²) in [6.07, 6.45) is 0. The van der Waals surface area contributed by atoms with E-state index in [0.29, 0.717) is 5.69 Å². The molecule has 0 saturated carbocycles. The molecule has 0 aliphatic heterocycles. The lowest BCUT2D eigenvalue weighted by Gasteiger charge is -2.05. The summed E-state index contributed by atoms with van der Waals surface area (Å²) in [7, 11) is 1.62. The van der Waals surface area contributed by atoms with Crippen molar-refractivity contribution in [1.82, 2.24) is 9.36 Å². The molecule has 0 unspecified atom stereocenters. The number of methoxy groups -OCH3 is 1. The minimum atomic E-state index is 0.692. The molecule has 0 aliphatic rings. The molecule has 2 N–H and O–H groups in total. The van der Waals surface area contributed by atoms with Gasteiger partial charge >= 0.3 is 0 Å². The number of aromatic nitrogens is 2. The van der Waals surface area contributed by atoms with Gasteiger partial charge in [-0.2, -0.15) is 4.37 Å². The van der Waals surface area contributed by atoms with E-state index in [1.165, 1.54) is 23.3 Å². The molecule has 1 aromatic carbocycles. The topological polar surface area (TPSA) is 61.0 Å². The van der Waals surface area contributed by atoms with Gasteiger partial charge < -0.3 is 10.5 Å². The van der Waals surface area contributed by atoms with E-state index in [-0.39, 0.29) is 0 Å². The lowest BCUT2D eigenvalue weighted by Crippen LogP contribution is -1.90. The molecule has 84 valence electrons. The molecule has 0 spiro atoms. The van der Waals surface area contributed by atoms with Crippen LogP contribution >= 0.6 is 23.3 Å². The number of rotatable bonds is 3. The van der Waals surface area contributed by atoms with Crippen LogP contribution in [0.25, 0.3) is 0 Å². The highest BCUT2D eigenvalue weighted by Gasteiger charge is 2.07. The lowest BCUT2D eigenvalue weighted by molar-refractivity contribution is 0.415. The molecule has 4 nitrogen and oxygen atoms in total. The van der Waals surface area contributed by atoms with Gasteiger partial charge in [0, 0.05) is 16.6 Å². The van der Waals surface area contributed by atoms with Crippen LogP contribution < -0.4 is 10.5 Å². The standard InChI is InChI=1S/C10H11N3OS2/c1-6-12-10(16-13-6)15-9-4-3-7(14-2)5-8(9)11/h3-5H,11H2,1-2H3. The largest absolute Gasteiger partial charge is 0.497 e. The Hall–Kier alpha value is -1.27. The Morgan fingerprint density at radius 1 is 1.44 bits per heavy atom. The number of ether oxygens (including phenoxy) is 1. The van der Waals surface area contributed by atoms with E-state index >= 15 is 0 Å². The Bertz CT molecular complexity index is 499. The Balaban J connectivity index is 2.21. The summed E-state index contributed by atoms with van der Waals surface area (Å²) >= 11 is 2.90. The first-order valence-corrected chi connectivity index (χ1v) is 6.19. The minimum absolute atomic E-state index is 0.692. The molecule has 0 amide bonds. The van der Waals surface area contributed by atoms with E-state index < -0.39 is 0 Å². The van der Waals surface area contributed by atoms with Gasteiger partial charge in [0.2, 0.25) is 0 Å². The number of nitrogens with zero attached hydrogens (tertiary/aromatic N) is 2. The molecule has 1 heterocycles. The minimum Gasteiger partial charge on any atom is -0.497 e. The summed E-state index contributed by atoms with van der Waals surface area (Å²) in [4.78, 5) is 5.24. The maximum Gasteiger partial charge on any atom is 0.174 e. The van der Waals surface area contributed by atoms with E-state index in [1.807, 2.05) is 19.1 Å². The highest BCUT2D eigenvalue weighted by molar-refractivity contribution is 8.01. The quantitative estimate of drug-likeness (QED) is 0.852. The molecule has 1 aromatic heterocycles. The average molecular weight is 253 g/mol. The molecule has 0 atom stereocenters. The maximum absolute atomic E-state index is 5.91. The summed E-state index contributed by atoms with van der Waals surface area (Å²) in [6.45, 7) is 1.87. The van der Waals surface area contributed by atoms with Crippen LogP contribution in [0.3, 0.4) is 0 Å². The predicted octanol–water partition coefficient (Wildman–Crippen LogP) is 2.59. The summed E-state index contributed by atoms with van der Waals surface area (Å²) < 4.78 is 10.1. The number of nitrogens with two attached hydrogens (primary N) is 1. The fraction of sp³-hybridized carbons (Fsp3) is 0.200. The van der Waals surface area contributed by atoms with Gasteiger partial charge in [-0.25, -0.2) is 4.98 Å². The molecular weight excluding hydrogens is 242 g/mol. The molecule has 0 radical (unpaired) electrons. The van der Waals surface area contributed by atoms with Crippen molar-refractivity contribution in [2.24, 2.45) is 0 Å².